The van der Waals surface area contributed by atoms with Crippen LogP contribution in [0.5, 0.6) is 0 Å². The second-order valence-electron chi connectivity index (χ2n) is 3.18. The van der Waals surface area contributed by atoms with E-state index in [1.165, 1.54) is 0 Å². The minimum absolute atomic E-state index is 0.453. The molecule has 0 spiro atoms. The molecule has 2 aromatic rings. The predicted molar refractivity (Wildman–Crippen MR) is 57.4 cm³/mol. The fourth-order valence-electron chi connectivity index (χ4n) is 1.61. The van der Waals surface area contributed by atoms with E-state index in [0.717, 1.165) is 29.8 Å². The topological polar surface area (TPSA) is 30.7 Å². The number of fused-ring (bicyclic) bond motifs is 1. The molecule has 4 heteroatoms. The first-order valence-electron chi connectivity index (χ1n) is 4.72. The van der Waals surface area contributed by atoms with Crippen LogP contribution in [0, 0.1) is 0 Å². The van der Waals surface area contributed by atoms with Crippen LogP contribution in [-0.2, 0) is 12.4 Å². The first-order chi connectivity index (χ1) is 6.86. The molecule has 0 saturated carbocycles. The number of hydrogen-bond donors (Lipinski definition) is 0. The van der Waals surface area contributed by atoms with Crippen LogP contribution in [0.15, 0.2) is 18.5 Å². The summed E-state index contributed by atoms with van der Waals surface area (Å²) in [5.74, 6) is 1.38. The molecule has 14 heavy (non-hydrogen) atoms. The highest BCUT2D eigenvalue weighted by atomic mass is 35.5. The lowest BCUT2D eigenvalue weighted by atomic mass is 10.4. The van der Waals surface area contributed by atoms with Crippen LogP contribution < -0.4 is 0 Å². The minimum atomic E-state index is 0.453. The van der Waals surface area contributed by atoms with Crippen molar-refractivity contribution >= 4 is 22.6 Å². The van der Waals surface area contributed by atoms with Gasteiger partial charge in [0, 0.05) is 12.7 Å². The van der Waals surface area contributed by atoms with Gasteiger partial charge in [0.05, 0.1) is 17.6 Å². The number of halogens is 1. The second-order valence-corrected chi connectivity index (χ2v) is 3.44. The van der Waals surface area contributed by atoms with Crippen LogP contribution in [-0.4, -0.2) is 14.5 Å². The Hall–Kier alpha value is -1.09. The standard InChI is InChI=1S/C10H12ClN3/c1-2-5-14-9-3-4-12-7-8(9)13-10(14)6-11/h3-4,7H,2,5-6H2,1H3. The Morgan fingerprint density at radius 2 is 2.36 bits per heavy atom. The monoisotopic (exact) mass is 209 g/mol. The lowest BCUT2D eigenvalue weighted by Crippen LogP contribution is -2.01. The van der Waals surface area contributed by atoms with E-state index < -0.39 is 0 Å². The lowest BCUT2D eigenvalue weighted by molar-refractivity contribution is 0.672. The molecule has 0 aliphatic heterocycles. The quantitative estimate of drug-likeness (QED) is 0.728. The predicted octanol–water partition coefficient (Wildman–Crippen LogP) is 2.58. The molecule has 0 aliphatic rings. The van der Waals surface area contributed by atoms with Gasteiger partial charge in [-0.05, 0) is 12.5 Å². The van der Waals surface area contributed by atoms with Crippen molar-refractivity contribution in [3.63, 3.8) is 0 Å². The molecule has 2 heterocycles. The summed E-state index contributed by atoms with van der Waals surface area (Å²) in [6, 6.07) is 1.98. The van der Waals surface area contributed by atoms with Crippen molar-refractivity contribution in [2.24, 2.45) is 0 Å². The summed E-state index contributed by atoms with van der Waals surface area (Å²) in [6.45, 7) is 3.10. The second kappa shape index (κ2) is 3.96. The largest absolute Gasteiger partial charge is 0.327 e. The molecule has 0 aliphatic carbocycles. The van der Waals surface area contributed by atoms with Gasteiger partial charge in [0.25, 0.3) is 0 Å². The average Bonchev–Trinajstić information content (AvgIpc) is 2.58. The highest BCUT2D eigenvalue weighted by Crippen LogP contribution is 2.16. The molecule has 3 nitrogen and oxygen atoms in total. The molecule has 0 amide bonds. The number of aromatic nitrogens is 3. The zero-order valence-electron chi connectivity index (χ0n) is 8.07. The molecule has 74 valence electrons. The van der Waals surface area contributed by atoms with Crippen LogP contribution in [0.25, 0.3) is 11.0 Å². The maximum atomic E-state index is 5.84. The molecule has 0 saturated heterocycles. The highest BCUT2D eigenvalue weighted by Gasteiger charge is 2.07. The molecule has 0 aromatic carbocycles. The fraction of sp³-hybridized carbons (Fsp3) is 0.400. The van der Waals surface area contributed by atoms with Crippen molar-refractivity contribution in [2.75, 3.05) is 0 Å². The Balaban J connectivity index is 2.61. The first-order valence-corrected chi connectivity index (χ1v) is 5.25. The zero-order chi connectivity index (χ0) is 9.97. The minimum Gasteiger partial charge on any atom is -0.327 e. The Labute approximate surface area is 87.7 Å². The Bertz CT molecular complexity index is 436. The van der Waals surface area contributed by atoms with E-state index in [1.54, 1.807) is 12.4 Å². The normalized spacial score (nSPS) is 11.0. The number of imidazole rings is 1. The summed E-state index contributed by atoms with van der Waals surface area (Å²) in [7, 11) is 0. The van der Waals surface area contributed by atoms with Crippen LogP contribution >= 0.6 is 11.6 Å². The lowest BCUT2D eigenvalue weighted by Gasteiger charge is -2.04. The summed E-state index contributed by atoms with van der Waals surface area (Å²) in [4.78, 5) is 8.46. The molecule has 0 N–H and O–H groups in total. The summed E-state index contributed by atoms with van der Waals surface area (Å²) >= 11 is 5.84. The van der Waals surface area contributed by atoms with Gasteiger partial charge in [0.1, 0.15) is 11.3 Å². The molecule has 0 bridgehead atoms. The number of nitrogens with zero attached hydrogens (tertiary/aromatic N) is 3. The van der Waals surface area contributed by atoms with E-state index in [4.69, 9.17) is 11.6 Å². The van der Waals surface area contributed by atoms with E-state index in [2.05, 4.69) is 21.5 Å². The van der Waals surface area contributed by atoms with Crippen molar-refractivity contribution in [2.45, 2.75) is 25.8 Å². The number of hydrogen-bond acceptors (Lipinski definition) is 2. The Kier molecular flexibility index (Phi) is 2.68. The molecule has 2 rings (SSSR count). The Morgan fingerprint density at radius 3 is 3.07 bits per heavy atom. The van der Waals surface area contributed by atoms with Crippen LogP contribution in [0.3, 0.4) is 0 Å². The number of rotatable bonds is 3. The van der Waals surface area contributed by atoms with Gasteiger partial charge in [-0.2, -0.15) is 0 Å². The van der Waals surface area contributed by atoms with Crippen LogP contribution in [0.4, 0.5) is 0 Å². The van der Waals surface area contributed by atoms with Gasteiger partial charge in [0.2, 0.25) is 0 Å². The van der Waals surface area contributed by atoms with Crippen molar-refractivity contribution in [1.29, 1.82) is 0 Å². The van der Waals surface area contributed by atoms with Gasteiger partial charge in [-0.15, -0.1) is 11.6 Å². The molecule has 0 fully saturated rings. The van der Waals surface area contributed by atoms with Gasteiger partial charge >= 0.3 is 0 Å². The first kappa shape index (κ1) is 9.46. The van der Waals surface area contributed by atoms with Crippen molar-refractivity contribution < 1.29 is 0 Å². The summed E-state index contributed by atoms with van der Waals surface area (Å²) in [5.41, 5.74) is 2.05. The highest BCUT2D eigenvalue weighted by molar-refractivity contribution is 6.16. The van der Waals surface area contributed by atoms with E-state index in [1.807, 2.05) is 6.07 Å². The third-order valence-corrected chi connectivity index (χ3v) is 2.44. The van der Waals surface area contributed by atoms with Crippen molar-refractivity contribution in [1.82, 2.24) is 14.5 Å². The van der Waals surface area contributed by atoms with Gasteiger partial charge < -0.3 is 4.57 Å². The van der Waals surface area contributed by atoms with Crippen molar-refractivity contribution in [3.8, 4) is 0 Å². The third-order valence-electron chi connectivity index (χ3n) is 2.20. The summed E-state index contributed by atoms with van der Waals surface area (Å²) in [6.07, 6.45) is 4.64. The number of pyridine rings is 1. The van der Waals surface area contributed by atoms with Gasteiger partial charge in [-0.25, -0.2) is 4.98 Å². The Morgan fingerprint density at radius 1 is 1.50 bits per heavy atom. The maximum Gasteiger partial charge on any atom is 0.124 e. The fourth-order valence-corrected chi connectivity index (χ4v) is 1.81. The third kappa shape index (κ3) is 1.48. The smallest absolute Gasteiger partial charge is 0.124 e. The van der Waals surface area contributed by atoms with Crippen LogP contribution in [0.2, 0.25) is 0 Å². The van der Waals surface area contributed by atoms with Crippen LogP contribution in [0.1, 0.15) is 19.2 Å². The van der Waals surface area contributed by atoms with E-state index in [0.29, 0.717) is 5.88 Å². The molecular weight excluding hydrogens is 198 g/mol. The molecule has 0 radical (unpaired) electrons. The molecule has 2 aromatic heterocycles. The molecule has 0 atom stereocenters. The molecular formula is C10H12ClN3. The van der Waals surface area contributed by atoms with Gasteiger partial charge in [-0.1, -0.05) is 6.92 Å². The van der Waals surface area contributed by atoms with E-state index in [-0.39, 0.29) is 0 Å². The average molecular weight is 210 g/mol. The van der Waals surface area contributed by atoms with E-state index >= 15 is 0 Å². The number of alkyl halides is 1. The van der Waals surface area contributed by atoms with Gasteiger partial charge in [0.15, 0.2) is 0 Å². The molecule has 0 unspecified atom stereocenters. The van der Waals surface area contributed by atoms with Crippen molar-refractivity contribution in [3.05, 3.63) is 24.3 Å². The van der Waals surface area contributed by atoms with Gasteiger partial charge in [-0.3, -0.25) is 4.98 Å². The zero-order valence-corrected chi connectivity index (χ0v) is 8.83. The summed E-state index contributed by atoms with van der Waals surface area (Å²) < 4.78 is 2.16. The number of aryl methyl sites for hydroxylation is 1. The SMILES string of the molecule is CCCn1c(CCl)nc2cnccc21. The maximum absolute atomic E-state index is 5.84. The summed E-state index contributed by atoms with van der Waals surface area (Å²) in [5, 5.41) is 0. The van der Waals surface area contributed by atoms with E-state index in [9.17, 15) is 0 Å².